The Morgan fingerprint density at radius 1 is 1.15 bits per heavy atom. The molecule has 2 nitrogen and oxygen atoms in total. The van der Waals surface area contributed by atoms with E-state index in [4.69, 9.17) is 4.74 Å². The Bertz CT molecular complexity index is 566. The molecule has 2 aromatic rings. The van der Waals surface area contributed by atoms with Crippen molar-refractivity contribution < 1.29 is 9.13 Å². The number of halogens is 1. The molecule has 1 unspecified atom stereocenters. The van der Waals surface area contributed by atoms with E-state index in [0.29, 0.717) is 17.9 Å². The Hall–Kier alpha value is -1.87. The quantitative estimate of drug-likeness (QED) is 0.889. The van der Waals surface area contributed by atoms with E-state index >= 15 is 0 Å². The van der Waals surface area contributed by atoms with Crippen LogP contribution in [0.2, 0.25) is 0 Å². The van der Waals surface area contributed by atoms with Gasteiger partial charge in [0.15, 0.2) is 0 Å². The van der Waals surface area contributed by atoms with Crippen LogP contribution in [0, 0.1) is 12.7 Å². The molecule has 3 heteroatoms. The van der Waals surface area contributed by atoms with Crippen LogP contribution in [0.5, 0.6) is 5.75 Å². The van der Waals surface area contributed by atoms with Gasteiger partial charge in [0.1, 0.15) is 18.2 Å². The van der Waals surface area contributed by atoms with E-state index in [0.717, 1.165) is 5.56 Å². The minimum atomic E-state index is -0.242. The van der Waals surface area contributed by atoms with Crippen LogP contribution >= 0.6 is 0 Å². The van der Waals surface area contributed by atoms with Gasteiger partial charge in [-0.25, -0.2) is 4.39 Å². The number of ether oxygens (including phenoxy) is 1. The van der Waals surface area contributed by atoms with Gasteiger partial charge in [0, 0.05) is 17.7 Å². The molecule has 1 atom stereocenters. The first kappa shape index (κ1) is 14.5. The number of nitrogens with one attached hydrogen (secondary N) is 1. The Labute approximate surface area is 119 Å². The van der Waals surface area contributed by atoms with E-state index in [1.54, 1.807) is 12.1 Å². The maximum absolute atomic E-state index is 13.9. The number of benzene rings is 2. The standard InChI is InChI=1S/C17H20FNO/c1-12-4-6-14(7-5-12)11-20-15-8-9-16(13(2)19-3)17(18)10-15/h4-10,13,19H,11H2,1-3H3. The maximum atomic E-state index is 13.9. The van der Waals surface area contributed by atoms with Crippen LogP contribution < -0.4 is 10.1 Å². The Kier molecular flexibility index (Phi) is 4.74. The minimum absolute atomic E-state index is 0.0128. The van der Waals surface area contributed by atoms with E-state index in [-0.39, 0.29) is 11.9 Å². The summed E-state index contributed by atoms with van der Waals surface area (Å²) in [6.07, 6.45) is 0. The predicted octanol–water partition coefficient (Wildman–Crippen LogP) is 3.99. The fourth-order valence-electron chi connectivity index (χ4n) is 1.96. The van der Waals surface area contributed by atoms with Crippen LogP contribution in [0.4, 0.5) is 4.39 Å². The van der Waals surface area contributed by atoms with Crippen molar-refractivity contribution in [1.29, 1.82) is 0 Å². The molecule has 0 aliphatic carbocycles. The van der Waals surface area contributed by atoms with Crippen molar-refractivity contribution in [3.05, 3.63) is 65.0 Å². The summed E-state index contributed by atoms with van der Waals surface area (Å²) in [5.74, 6) is 0.309. The lowest BCUT2D eigenvalue weighted by Crippen LogP contribution is -2.13. The first-order valence-electron chi connectivity index (χ1n) is 6.75. The zero-order valence-corrected chi connectivity index (χ0v) is 12.1. The molecule has 20 heavy (non-hydrogen) atoms. The third-order valence-electron chi connectivity index (χ3n) is 3.40. The highest BCUT2D eigenvalue weighted by Gasteiger charge is 2.10. The second-order valence-electron chi connectivity index (χ2n) is 4.97. The molecule has 0 aliphatic rings. The maximum Gasteiger partial charge on any atom is 0.131 e. The van der Waals surface area contributed by atoms with Gasteiger partial charge in [0.2, 0.25) is 0 Å². The second-order valence-corrected chi connectivity index (χ2v) is 4.97. The lowest BCUT2D eigenvalue weighted by Gasteiger charge is -2.13. The number of aryl methyl sites for hydroxylation is 1. The topological polar surface area (TPSA) is 21.3 Å². The molecule has 0 saturated heterocycles. The first-order valence-corrected chi connectivity index (χ1v) is 6.75. The summed E-state index contributed by atoms with van der Waals surface area (Å²) in [5, 5.41) is 3.02. The first-order chi connectivity index (χ1) is 9.60. The molecule has 0 spiro atoms. The van der Waals surface area contributed by atoms with Gasteiger partial charge in [-0.3, -0.25) is 0 Å². The summed E-state index contributed by atoms with van der Waals surface area (Å²) in [5.41, 5.74) is 2.93. The molecule has 0 saturated carbocycles. The monoisotopic (exact) mass is 273 g/mol. The average molecular weight is 273 g/mol. The van der Waals surface area contributed by atoms with Gasteiger partial charge >= 0.3 is 0 Å². The molecule has 2 aromatic carbocycles. The Morgan fingerprint density at radius 3 is 2.45 bits per heavy atom. The third-order valence-corrected chi connectivity index (χ3v) is 3.40. The molecule has 0 bridgehead atoms. The summed E-state index contributed by atoms with van der Waals surface area (Å²) in [7, 11) is 1.81. The average Bonchev–Trinajstić information content (AvgIpc) is 2.46. The summed E-state index contributed by atoms with van der Waals surface area (Å²) in [6, 6.07) is 13.1. The fourth-order valence-corrected chi connectivity index (χ4v) is 1.96. The molecule has 2 rings (SSSR count). The highest BCUT2D eigenvalue weighted by Crippen LogP contribution is 2.22. The lowest BCUT2D eigenvalue weighted by molar-refractivity contribution is 0.304. The van der Waals surface area contributed by atoms with Crippen molar-refractivity contribution in [3.8, 4) is 5.75 Å². The van der Waals surface area contributed by atoms with Crippen LogP contribution in [0.25, 0.3) is 0 Å². The molecule has 106 valence electrons. The van der Waals surface area contributed by atoms with Gasteiger partial charge in [0.25, 0.3) is 0 Å². The van der Waals surface area contributed by atoms with Crippen molar-refractivity contribution in [1.82, 2.24) is 5.32 Å². The summed E-state index contributed by atoms with van der Waals surface area (Å²) in [6.45, 7) is 4.41. The van der Waals surface area contributed by atoms with E-state index < -0.39 is 0 Å². The van der Waals surface area contributed by atoms with Crippen LogP contribution in [-0.2, 0) is 6.61 Å². The van der Waals surface area contributed by atoms with Crippen molar-refractivity contribution >= 4 is 0 Å². The zero-order chi connectivity index (χ0) is 14.5. The Morgan fingerprint density at radius 2 is 1.85 bits per heavy atom. The van der Waals surface area contributed by atoms with Crippen molar-refractivity contribution in [2.75, 3.05) is 7.05 Å². The zero-order valence-electron chi connectivity index (χ0n) is 12.1. The van der Waals surface area contributed by atoms with Crippen molar-refractivity contribution in [2.24, 2.45) is 0 Å². The van der Waals surface area contributed by atoms with Gasteiger partial charge in [0.05, 0.1) is 0 Å². The normalized spacial score (nSPS) is 12.2. The number of hydrogen-bond donors (Lipinski definition) is 1. The molecule has 0 fully saturated rings. The van der Waals surface area contributed by atoms with Gasteiger partial charge in [-0.1, -0.05) is 35.9 Å². The van der Waals surface area contributed by atoms with Crippen LogP contribution in [0.1, 0.15) is 29.7 Å². The fraction of sp³-hybridized carbons (Fsp3) is 0.294. The molecule has 0 radical (unpaired) electrons. The molecular weight excluding hydrogens is 253 g/mol. The predicted molar refractivity (Wildman–Crippen MR) is 79.4 cm³/mol. The third kappa shape index (κ3) is 3.58. The van der Waals surface area contributed by atoms with Gasteiger partial charge < -0.3 is 10.1 Å². The highest BCUT2D eigenvalue weighted by atomic mass is 19.1. The van der Waals surface area contributed by atoms with E-state index in [1.165, 1.54) is 11.6 Å². The smallest absolute Gasteiger partial charge is 0.131 e. The molecular formula is C17H20FNO. The van der Waals surface area contributed by atoms with Crippen molar-refractivity contribution in [2.45, 2.75) is 26.5 Å². The Balaban J connectivity index is 2.03. The molecule has 1 N–H and O–H groups in total. The summed E-state index contributed by atoms with van der Waals surface area (Å²) >= 11 is 0. The van der Waals surface area contributed by atoms with Gasteiger partial charge in [-0.2, -0.15) is 0 Å². The van der Waals surface area contributed by atoms with Crippen LogP contribution in [0.3, 0.4) is 0 Å². The SMILES string of the molecule is CNC(C)c1ccc(OCc2ccc(C)cc2)cc1F. The number of rotatable bonds is 5. The minimum Gasteiger partial charge on any atom is -0.489 e. The highest BCUT2D eigenvalue weighted by molar-refractivity contribution is 5.31. The van der Waals surface area contributed by atoms with Gasteiger partial charge in [-0.15, -0.1) is 0 Å². The molecule has 0 heterocycles. The molecule has 0 amide bonds. The summed E-state index contributed by atoms with van der Waals surface area (Å²) < 4.78 is 19.6. The van der Waals surface area contributed by atoms with Gasteiger partial charge in [-0.05, 0) is 32.5 Å². The van der Waals surface area contributed by atoms with E-state index in [1.807, 2.05) is 45.2 Å². The number of hydrogen-bond acceptors (Lipinski definition) is 2. The summed E-state index contributed by atoms with van der Waals surface area (Å²) in [4.78, 5) is 0. The van der Waals surface area contributed by atoms with E-state index in [9.17, 15) is 4.39 Å². The van der Waals surface area contributed by atoms with Crippen LogP contribution in [-0.4, -0.2) is 7.05 Å². The lowest BCUT2D eigenvalue weighted by atomic mass is 10.1. The van der Waals surface area contributed by atoms with Crippen molar-refractivity contribution in [3.63, 3.8) is 0 Å². The molecule has 0 aliphatic heterocycles. The van der Waals surface area contributed by atoms with E-state index in [2.05, 4.69) is 5.32 Å². The largest absolute Gasteiger partial charge is 0.489 e. The van der Waals surface area contributed by atoms with Crippen LogP contribution in [0.15, 0.2) is 42.5 Å². The molecule has 0 aromatic heterocycles. The second kappa shape index (κ2) is 6.53.